The van der Waals surface area contributed by atoms with Gasteiger partial charge in [-0.15, -0.1) is 0 Å². The molecule has 0 fully saturated rings. The Labute approximate surface area is 123 Å². The van der Waals surface area contributed by atoms with E-state index in [9.17, 15) is 0 Å². The molecule has 1 aromatic carbocycles. The quantitative estimate of drug-likeness (QED) is 0.793. The summed E-state index contributed by atoms with van der Waals surface area (Å²) >= 11 is 0. The number of ether oxygens (including phenoxy) is 1. The average Bonchev–Trinajstić information content (AvgIpc) is 2.48. The second-order valence-electron chi connectivity index (χ2n) is 5.09. The van der Waals surface area contributed by atoms with Gasteiger partial charge in [0, 0.05) is 17.1 Å². The van der Waals surface area contributed by atoms with Crippen LogP contribution in [0.3, 0.4) is 0 Å². The Balaban J connectivity index is 1.96. The molecule has 2 N–H and O–H groups in total. The van der Waals surface area contributed by atoms with Crippen molar-refractivity contribution in [2.45, 2.75) is 19.9 Å². The van der Waals surface area contributed by atoms with Gasteiger partial charge in [0.15, 0.2) is 5.75 Å². The van der Waals surface area contributed by atoms with Crippen LogP contribution in [0.1, 0.15) is 24.4 Å². The van der Waals surface area contributed by atoms with Crippen LogP contribution in [0.15, 0.2) is 48.7 Å². The van der Waals surface area contributed by atoms with Crippen LogP contribution in [-0.4, -0.2) is 9.97 Å². The lowest BCUT2D eigenvalue weighted by molar-refractivity contribution is 0.483. The fourth-order valence-corrected chi connectivity index (χ4v) is 2.15. The lowest BCUT2D eigenvalue weighted by atomic mass is 10.2. The monoisotopic (exact) mass is 279 g/mol. The molecule has 3 rings (SSSR count). The van der Waals surface area contributed by atoms with E-state index in [1.807, 2.05) is 56.3 Å². The number of para-hydroxylation sites is 1. The van der Waals surface area contributed by atoms with E-state index in [0.29, 0.717) is 5.75 Å². The Morgan fingerprint density at radius 2 is 1.95 bits per heavy atom. The van der Waals surface area contributed by atoms with Crippen LogP contribution in [0.2, 0.25) is 0 Å². The Morgan fingerprint density at radius 3 is 2.67 bits per heavy atom. The summed E-state index contributed by atoms with van der Waals surface area (Å²) in [6, 6.07) is 13.6. The average molecular weight is 279 g/mol. The van der Waals surface area contributed by atoms with Crippen LogP contribution in [0.5, 0.6) is 11.5 Å². The zero-order valence-electron chi connectivity index (χ0n) is 12.1. The first-order valence-corrected chi connectivity index (χ1v) is 6.89. The molecule has 0 spiro atoms. The van der Waals surface area contributed by atoms with Gasteiger partial charge in [-0.25, -0.2) is 4.98 Å². The van der Waals surface area contributed by atoms with Gasteiger partial charge in [0.05, 0.1) is 11.9 Å². The zero-order chi connectivity index (χ0) is 14.8. The van der Waals surface area contributed by atoms with Crippen molar-refractivity contribution >= 4 is 10.9 Å². The van der Waals surface area contributed by atoms with Crippen LogP contribution in [0.4, 0.5) is 0 Å². The molecule has 0 unspecified atom stereocenters. The SMILES string of the molecule is Cc1ccc2cccc(Oc3ccc([C@@H](C)N)nc3)c2n1. The van der Waals surface area contributed by atoms with Crippen molar-refractivity contribution in [2.24, 2.45) is 5.73 Å². The van der Waals surface area contributed by atoms with Gasteiger partial charge in [-0.05, 0) is 38.1 Å². The van der Waals surface area contributed by atoms with Crippen LogP contribution in [-0.2, 0) is 0 Å². The molecule has 4 heteroatoms. The maximum Gasteiger partial charge on any atom is 0.153 e. The first kappa shape index (κ1) is 13.5. The van der Waals surface area contributed by atoms with Gasteiger partial charge in [0.2, 0.25) is 0 Å². The fourth-order valence-electron chi connectivity index (χ4n) is 2.15. The maximum absolute atomic E-state index is 5.92. The fraction of sp³-hybridized carbons (Fsp3) is 0.176. The van der Waals surface area contributed by atoms with Crippen LogP contribution in [0.25, 0.3) is 10.9 Å². The Hall–Kier alpha value is -2.46. The summed E-state index contributed by atoms with van der Waals surface area (Å²) in [4.78, 5) is 8.85. The van der Waals surface area contributed by atoms with Crippen molar-refractivity contribution < 1.29 is 4.74 Å². The highest BCUT2D eigenvalue weighted by Crippen LogP contribution is 2.28. The summed E-state index contributed by atoms with van der Waals surface area (Å²) in [7, 11) is 0. The van der Waals surface area contributed by atoms with Gasteiger partial charge in [-0.3, -0.25) is 4.98 Å². The minimum absolute atomic E-state index is 0.0825. The predicted octanol–water partition coefficient (Wildman–Crippen LogP) is 3.75. The maximum atomic E-state index is 5.92. The summed E-state index contributed by atoms with van der Waals surface area (Å²) < 4.78 is 5.92. The lowest BCUT2D eigenvalue weighted by Gasteiger charge is -2.10. The van der Waals surface area contributed by atoms with E-state index in [0.717, 1.165) is 28.0 Å². The van der Waals surface area contributed by atoms with E-state index in [2.05, 4.69) is 9.97 Å². The molecule has 0 aliphatic carbocycles. The number of nitrogens with two attached hydrogens (primary N) is 1. The highest BCUT2D eigenvalue weighted by atomic mass is 16.5. The largest absolute Gasteiger partial charge is 0.453 e. The third kappa shape index (κ3) is 2.85. The van der Waals surface area contributed by atoms with E-state index in [1.165, 1.54) is 0 Å². The van der Waals surface area contributed by atoms with Crippen molar-refractivity contribution in [1.29, 1.82) is 0 Å². The van der Waals surface area contributed by atoms with E-state index in [-0.39, 0.29) is 6.04 Å². The normalized spacial score (nSPS) is 12.3. The molecule has 106 valence electrons. The number of pyridine rings is 2. The van der Waals surface area contributed by atoms with E-state index < -0.39 is 0 Å². The van der Waals surface area contributed by atoms with Crippen LogP contribution in [0, 0.1) is 6.92 Å². The summed E-state index contributed by atoms with van der Waals surface area (Å²) in [5.74, 6) is 1.40. The molecule has 0 aliphatic rings. The Morgan fingerprint density at radius 1 is 1.10 bits per heavy atom. The second-order valence-corrected chi connectivity index (χ2v) is 5.09. The van der Waals surface area contributed by atoms with E-state index in [1.54, 1.807) is 6.20 Å². The number of aryl methyl sites for hydroxylation is 1. The van der Waals surface area contributed by atoms with Gasteiger partial charge in [0.25, 0.3) is 0 Å². The van der Waals surface area contributed by atoms with Crippen molar-refractivity contribution in [3.8, 4) is 11.5 Å². The zero-order valence-corrected chi connectivity index (χ0v) is 12.1. The number of hydrogen-bond donors (Lipinski definition) is 1. The number of rotatable bonds is 3. The molecule has 0 saturated heterocycles. The smallest absolute Gasteiger partial charge is 0.153 e. The summed E-state index contributed by atoms with van der Waals surface area (Å²) in [6.45, 7) is 3.87. The highest BCUT2D eigenvalue weighted by molar-refractivity contribution is 5.84. The molecule has 0 bridgehead atoms. The highest BCUT2D eigenvalue weighted by Gasteiger charge is 2.06. The Kier molecular flexibility index (Phi) is 3.54. The van der Waals surface area contributed by atoms with Crippen molar-refractivity contribution in [3.05, 3.63) is 60.0 Å². The van der Waals surface area contributed by atoms with Gasteiger partial charge in [-0.1, -0.05) is 18.2 Å². The second kappa shape index (κ2) is 5.50. The van der Waals surface area contributed by atoms with Gasteiger partial charge >= 0.3 is 0 Å². The van der Waals surface area contributed by atoms with Crippen LogP contribution < -0.4 is 10.5 Å². The number of fused-ring (bicyclic) bond motifs is 1. The van der Waals surface area contributed by atoms with Crippen molar-refractivity contribution in [1.82, 2.24) is 9.97 Å². The van der Waals surface area contributed by atoms with Gasteiger partial charge < -0.3 is 10.5 Å². The predicted molar refractivity (Wildman–Crippen MR) is 83.4 cm³/mol. The minimum atomic E-state index is -0.0825. The van der Waals surface area contributed by atoms with Crippen molar-refractivity contribution in [3.63, 3.8) is 0 Å². The summed E-state index contributed by atoms with van der Waals surface area (Å²) in [5, 5.41) is 1.05. The number of hydrogen-bond acceptors (Lipinski definition) is 4. The molecule has 21 heavy (non-hydrogen) atoms. The first-order valence-electron chi connectivity index (χ1n) is 6.89. The topological polar surface area (TPSA) is 61.0 Å². The molecule has 0 aliphatic heterocycles. The molecular formula is C17H17N3O. The lowest BCUT2D eigenvalue weighted by Crippen LogP contribution is -2.06. The molecule has 1 atom stereocenters. The summed E-state index contributed by atoms with van der Waals surface area (Å²) in [5.41, 5.74) is 8.45. The molecule has 4 nitrogen and oxygen atoms in total. The third-order valence-corrected chi connectivity index (χ3v) is 3.28. The molecule has 2 heterocycles. The molecule has 0 saturated carbocycles. The van der Waals surface area contributed by atoms with Crippen molar-refractivity contribution in [2.75, 3.05) is 0 Å². The van der Waals surface area contributed by atoms with Gasteiger partial charge in [0.1, 0.15) is 11.3 Å². The first-order chi connectivity index (χ1) is 10.1. The molecule has 0 radical (unpaired) electrons. The van der Waals surface area contributed by atoms with Gasteiger partial charge in [-0.2, -0.15) is 0 Å². The minimum Gasteiger partial charge on any atom is -0.453 e. The number of nitrogens with zero attached hydrogens (tertiary/aromatic N) is 2. The van der Waals surface area contributed by atoms with Crippen LogP contribution >= 0.6 is 0 Å². The number of benzene rings is 1. The van der Waals surface area contributed by atoms with E-state index in [4.69, 9.17) is 10.5 Å². The summed E-state index contributed by atoms with van der Waals surface area (Å²) in [6.07, 6.45) is 1.69. The standard InChI is InChI=1S/C17H17N3O/c1-11-6-7-13-4-3-5-16(17(13)20-11)21-14-8-9-15(12(2)18)19-10-14/h3-10,12H,18H2,1-2H3/t12-/m1/s1. The Bertz CT molecular complexity index is 767. The molecule has 0 amide bonds. The number of aromatic nitrogens is 2. The molecule has 3 aromatic rings. The van der Waals surface area contributed by atoms with E-state index >= 15 is 0 Å². The molecular weight excluding hydrogens is 262 g/mol. The molecule has 2 aromatic heterocycles. The third-order valence-electron chi connectivity index (χ3n) is 3.28.